The first-order valence-corrected chi connectivity index (χ1v) is 14.5. The van der Waals surface area contributed by atoms with Gasteiger partial charge in [-0.15, -0.1) is 0 Å². The van der Waals surface area contributed by atoms with Crippen molar-refractivity contribution in [3.63, 3.8) is 0 Å². The molecule has 1 N–H and O–H groups in total. The molecular formula is C34H45N2O+. The van der Waals surface area contributed by atoms with Crippen molar-refractivity contribution in [3.8, 4) is 5.75 Å². The van der Waals surface area contributed by atoms with Crippen molar-refractivity contribution >= 4 is 11.3 Å². The molecule has 3 aliphatic rings. The number of anilines is 1. The first kappa shape index (κ1) is 25.9. The maximum atomic E-state index is 7.08. The molecule has 2 aromatic carbocycles. The van der Waals surface area contributed by atoms with E-state index in [-0.39, 0.29) is 0 Å². The van der Waals surface area contributed by atoms with Gasteiger partial charge < -0.3 is 14.5 Å². The van der Waals surface area contributed by atoms with Gasteiger partial charge >= 0.3 is 0 Å². The van der Waals surface area contributed by atoms with Crippen molar-refractivity contribution < 1.29 is 9.64 Å². The Kier molecular flexibility index (Phi) is 7.62. The van der Waals surface area contributed by atoms with Gasteiger partial charge in [-0.25, -0.2) is 0 Å². The van der Waals surface area contributed by atoms with Crippen LogP contribution in [0.5, 0.6) is 5.75 Å². The molecule has 3 heteroatoms. The second kappa shape index (κ2) is 10.9. The van der Waals surface area contributed by atoms with Crippen LogP contribution in [0.4, 0.5) is 5.69 Å². The number of hydrogen-bond acceptors (Lipinski definition) is 2. The summed E-state index contributed by atoms with van der Waals surface area (Å²) in [5, 5.41) is 0. The van der Waals surface area contributed by atoms with Crippen molar-refractivity contribution in [1.29, 1.82) is 0 Å². The van der Waals surface area contributed by atoms with Crippen molar-refractivity contribution in [2.24, 2.45) is 0 Å². The standard InChI is InChI=1S/C34H44N2O/c1-7-17-36-19-10-12-28-32(36)25(5)22-30-31(26-15-13-23(3)14-16-26)29-21-24(4)20-27(33(29)37-34(28)30)11-9-18-35(6)8-2/h13-16,21-22H,7-12,17-20H2,1-6H3/p+1. The lowest BCUT2D eigenvalue weighted by Gasteiger charge is -2.37. The number of ether oxygens (including phenoxy) is 1. The number of nitrogens with zero attached hydrogens (tertiary/aromatic N) is 1. The van der Waals surface area contributed by atoms with E-state index in [9.17, 15) is 0 Å². The molecule has 1 unspecified atom stereocenters. The highest BCUT2D eigenvalue weighted by atomic mass is 16.5. The Labute approximate surface area is 224 Å². The average molecular weight is 498 g/mol. The predicted octanol–water partition coefficient (Wildman–Crippen LogP) is 6.58. The summed E-state index contributed by atoms with van der Waals surface area (Å²) in [5.41, 5.74) is 13.6. The van der Waals surface area contributed by atoms with Gasteiger partial charge in [0.2, 0.25) is 0 Å². The van der Waals surface area contributed by atoms with Crippen molar-refractivity contribution in [2.45, 2.75) is 73.1 Å². The summed E-state index contributed by atoms with van der Waals surface area (Å²) in [4.78, 5) is 4.20. The molecule has 1 aliphatic carbocycles. The largest absolute Gasteiger partial charge is 0.456 e. The smallest absolute Gasteiger partial charge is 0.140 e. The number of quaternary nitrogens is 1. The minimum Gasteiger partial charge on any atom is -0.456 e. The molecule has 1 atom stereocenters. The lowest BCUT2D eigenvalue weighted by Crippen LogP contribution is -3.08. The fraction of sp³-hybridized carbons (Fsp3) is 0.471. The fourth-order valence-electron chi connectivity index (χ4n) is 6.43. The maximum absolute atomic E-state index is 7.08. The fourth-order valence-corrected chi connectivity index (χ4v) is 6.43. The van der Waals surface area contributed by atoms with Crippen LogP contribution in [0.3, 0.4) is 0 Å². The summed E-state index contributed by atoms with van der Waals surface area (Å²) in [6, 6.07) is 11.5. The molecule has 0 aromatic heterocycles. The van der Waals surface area contributed by atoms with E-state index >= 15 is 0 Å². The summed E-state index contributed by atoms with van der Waals surface area (Å²) in [6.45, 7) is 16.0. The molecule has 0 saturated heterocycles. The van der Waals surface area contributed by atoms with E-state index < -0.39 is 0 Å². The number of benzene rings is 2. The molecule has 0 fully saturated rings. The first-order chi connectivity index (χ1) is 17.9. The molecule has 5 rings (SSSR count). The normalized spacial score (nSPS) is 17.7. The van der Waals surface area contributed by atoms with Gasteiger partial charge in [0.15, 0.2) is 0 Å². The van der Waals surface area contributed by atoms with Crippen LogP contribution >= 0.6 is 0 Å². The Morgan fingerprint density at radius 1 is 1.05 bits per heavy atom. The Hall–Kier alpha value is -2.78. The number of aryl methyl sites for hydroxylation is 2. The van der Waals surface area contributed by atoms with Gasteiger partial charge in [-0.3, -0.25) is 0 Å². The first-order valence-electron chi connectivity index (χ1n) is 14.5. The minimum absolute atomic E-state index is 1.02. The van der Waals surface area contributed by atoms with E-state index in [2.05, 4.69) is 83.0 Å². The van der Waals surface area contributed by atoms with Crippen LogP contribution in [-0.4, -0.2) is 33.2 Å². The van der Waals surface area contributed by atoms with Gasteiger partial charge in [0, 0.05) is 47.5 Å². The van der Waals surface area contributed by atoms with E-state index in [0.29, 0.717) is 0 Å². The maximum Gasteiger partial charge on any atom is 0.140 e. The average Bonchev–Trinajstić information content (AvgIpc) is 2.88. The van der Waals surface area contributed by atoms with Gasteiger partial charge in [-0.05, 0) is 82.6 Å². The number of allylic oxidation sites excluding steroid dienone is 3. The monoisotopic (exact) mass is 497 g/mol. The molecule has 0 bridgehead atoms. The zero-order valence-electron chi connectivity index (χ0n) is 23.9. The quantitative estimate of drug-likeness (QED) is 0.444. The SMILES string of the molecule is CCCN1CCCc2c3c(cc(C)c21)C(c1ccc(C)cc1)=C1C=C(C)CC(CCC[NH+](C)CC)=C1O3. The molecule has 2 aliphatic heterocycles. The molecular weight excluding hydrogens is 452 g/mol. The molecule has 0 spiro atoms. The second-order valence-corrected chi connectivity index (χ2v) is 11.5. The van der Waals surface area contributed by atoms with E-state index in [1.807, 2.05) is 0 Å². The summed E-state index contributed by atoms with van der Waals surface area (Å²) < 4.78 is 7.08. The van der Waals surface area contributed by atoms with Crippen molar-refractivity contribution in [1.82, 2.24) is 0 Å². The Bertz CT molecular complexity index is 1260. The van der Waals surface area contributed by atoms with Gasteiger partial charge in [-0.1, -0.05) is 48.4 Å². The zero-order chi connectivity index (χ0) is 26.1. The van der Waals surface area contributed by atoms with Crippen molar-refractivity contribution in [3.05, 3.63) is 86.7 Å². The third kappa shape index (κ3) is 5.03. The van der Waals surface area contributed by atoms with Gasteiger partial charge in [-0.2, -0.15) is 0 Å². The van der Waals surface area contributed by atoms with Crippen LogP contribution in [0.1, 0.15) is 80.7 Å². The summed E-state index contributed by atoms with van der Waals surface area (Å²) in [5.74, 6) is 2.26. The lowest BCUT2D eigenvalue weighted by atomic mass is 9.80. The second-order valence-electron chi connectivity index (χ2n) is 11.5. The molecule has 0 saturated carbocycles. The third-order valence-electron chi connectivity index (χ3n) is 8.42. The molecule has 3 nitrogen and oxygen atoms in total. The van der Waals surface area contributed by atoms with E-state index in [1.165, 1.54) is 88.1 Å². The molecule has 196 valence electrons. The predicted molar refractivity (Wildman–Crippen MR) is 157 cm³/mol. The van der Waals surface area contributed by atoms with Gasteiger partial charge in [0.25, 0.3) is 0 Å². The third-order valence-corrected chi connectivity index (χ3v) is 8.42. The number of hydrogen-bond donors (Lipinski definition) is 1. The van der Waals surface area contributed by atoms with Gasteiger partial charge in [0.1, 0.15) is 11.5 Å². The highest BCUT2D eigenvalue weighted by molar-refractivity contribution is 5.93. The highest BCUT2D eigenvalue weighted by Crippen LogP contribution is 2.51. The number of nitrogens with one attached hydrogen (secondary N) is 1. The van der Waals surface area contributed by atoms with Crippen LogP contribution in [0, 0.1) is 13.8 Å². The Balaban J connectivity index is 1.71. The summed E-state index contributed by atoms with van der Waals surface area (Å²) in [6.07, 6.45) is 9.19. The van der Waals surface area contributed by atoms with Crippen LogP contribution in [0.15, 0.2) is 58.9 Å². The van der Waals surface area contributed by atoms with E-state index in [4.69, 9.17) is 4.74 Å². The Morgan fingerprint density at radius 3 is 2.57 bits per heavy atom. The van der Waals surface area contributed by atoms with Crippen molar-refractivity contribution in [2.75, 3.05) is 38.1 Å². The summed E-state index contributed by atoms with van der Waals surface area (Å²) >= 11 is 0. The van der Waals surface area contributed by atoms with Crippen LogP contribution in [0.25, 0.3) is 5.57 Å². The van der Waals surface area contributed by atoms with E-state index in [0.717, 1.165) is 43.9 Å². The molecule has 0 radical (unpaired) electrons. The topological polar surface area (TPSA) is 16.9 Å². The van der Waals surface area contributed by atoms with Crippen LogP contribution in [-0.2, 0) is 6.42 Å². The van der Waals surface area contributed by atoms with E-state index in [1.54, 1.807) is 4.90 Å². The summed E-state index contributed by atoms with van der Waals surface area (Å²) in [7, 11) is 2.30. The van der Waals surface area contributed by atoms with Crippen LogP contribution < -0.4 is 14.5 Å². The molecule has 0 amide bonds. The zero-order valence-corrected chi connectivity index (χ0v) is 23.9. The highest BCUT2D eigenvalue weighted by Gasteiger charge is 2.34. The number of fused-ring (bicyclic) bond motifs is 4. The lowest BCUT2D eigenvalue weighted by molar-refractivity contribution is -0.877. The van der Waals surface area contributed by atoms with Crippen LogP contribution in [0.2, 0.25) is 0 Å². The number of rotatable bonds is 8. The Morgan fingerprint density at radius 2 is 1.84 bits per heavy atom. The molecule has 2 heterocycles. The molecule has 37 heavy (non-hydrogen) atoms. The molecule has 2 aromatic rings. The minimum atomic E-state index is 1.02. The van der Waals surface area contributed by atoms with Gasteiger partial charge in [0.05, 0.1) is 20.1 Å².